The van der Waals surface area contributed by atoms with Crippen molar-refractivity contribution in [1.29, 1.82) is 0 Å². The summed E-state index contributed by atoms with van der Waals surface area (Å²) in [5.41, 5.74) is 0. The summed E-state index contributed by atoms with van der Waals surface area (Å²) in [6.45, 7) is 2.02. The van der Waals surface area contributed by atoms with Crippen LogP contribution in [-0.4, -0.2) is 21.9 Å². The van der Waals surface area contributed by atoms with Crippen LogP contribution in [0.5, 0.6) is 0 Å². The van der Waals surface area contributed by atoms with Crippen molar-refractivity contribution in [2.24, 2.45) is 0 Å². The van der Waals surface area contributed by atoms with E-state index in [0.717, 1.165) is 10.8 Å². The van der Waals surface area contributed by atoms with E-state index < -0.39 is 6.09 Å². The minimum atomic E-state index is -1.07. The fourth-order valence-corrected chi connectivity index (χ4v) is 2.11. The van der Waals surface area contributed by atoms with Crippen LogP contribution in [0.15, 0.2) is 10.4 Å². The molecular formula is C6H8N2O2S2. The fourth-order valence-electron chi connectivity index (χ4n) is 0.622. The molecule has 66 valence electrons. The number of thioether (sulfide) groups is 1. The molecule has 0 saturated heterocycles. The highest BCUT2D eigenvalue weighted by atomic mass is 32.2. The monoisotopic (exact) mass is 204 g/mol. The molecule has 12 heavy (non-hydrogen) atoms. The lowest BCUT2D eigenvalue weighted by Crippen LogP contribution is -2.06. The van der Waals surface area contributed by atoms with Crippen molar-refractivity contribution in [2.75, 3.05) is 11.1 Å². The number of carboxylic acid groups (broad SMARTS) is 1. The molecule has 0 aromatic carbocycles. The SMILES string of the molecule is CCSc1csc(NC(=O)O)n1. The standard InChI is InChI=1S/C6H8N2O2S2/c1-2-11-4-3-12-5(7-4)8-6(9)10/h3H,2H2,1H3,(H,7,8)(H,9,10). The molecule has 4 nitrogen and oxygen atoms in total. The highest BCUT2D eigenvalue weighted by Gasteiger charge is 2.03. The molecule has 0 aliphatic rings. The lowest BCUT2D eigenvalue weighted by Gasteiger charge is -1.91. The number of amides is 1. The van der Waals surface area contributed by atoms with E-state index in [1.54, 1.807) is 11.8 Å². The molecule has 1 heterocycles. The van der Waals surface area contributed by atoms with Crippen LogP contribution in [0.1, 0.15) is 6.92 Å². The zero-order valence-electron chi connectivity index (χ0n) is 6.40. The second-order valence-electron chi connectivity index (χ2n) is 1.85. The van der Waals surface area contributed by atoms with Crippen molar-refractivity contribution in [3.05, 3.63) is 5.38 Å². The van der Waals surface area contributed by atoms with Gasteiger partial charge in [-0.15, -0.1) is 23.1 Å². The highest BCUT2D eigenvalue weighted by Crippen LogP contribution is 2.23. The van der Waals surface area contributed by atoms with Crippen LogP contribution in [0, 0.1) is 0 Å². The number of hydrogen-bond acceptors (Lipinski definition) is 4. The molecule has 0 radical (unpaired) electrons. The van der Waals surface area contributed by atoms with Gasteiger partial charge in [0.15, 0.2) is 5.13 Å². The summed E-state index contributed by atoms with van der Waals surface area (Å²) in [7, 11) is 0. The quantitative estimate of drug-likeness (QED) is 0.742. The second-order valence-corrected chi connectivity index (χ2v) is 4.00. The molecule has 0 aliphatic heterocycles. The van der Waals surface area contributed by atoms with Gasteiger partial charge in [-0.1, -0.05) is 6.92 Å². The Bertz CT molecular complexity index is 274. The first-order valence-electron chi connectivity index (χ1n) is 3.30. The number of nitrogens with one attached hydrogen (secondary N) is 1. The van der Waals surface area contributed by atoms with Crippen LogP contribution < -0.4 is 5.32 Å². The number of hydrogen-bond donors (Lipinski definition) is 2. The van der Waals surface area contributed by atoms with Crippen molar-refractivity contribution in [2.45, 2.75) is 11.9 Å². The number of nitrogens with zero attached hydrogens (tertiary/aromatic N) is 1. The minimum Gasteiger partial charge on any atom is -0.465 e. The molecule has 1 aromatic heterocycles. The Morgan fingerprint density at radius 2 is 2.67 bits per heavy atom. The topological polar surface area (TPSA) is 62.2 Å². The van der Waals surface area contributed by atoms with Gasteiger partial charge in [0.1, 0.15) is 5.03 Å². The van der Waals surface area contributed by atoms with Gasteiger partial charge in [-0.25, -0.2) is 9.78 Å². The Labute approximate surface area is 78.0 Å². The van der Waals surface area contributed by atoms with Gasteiger partial charge in [-0.2, -0.15) is 0 Å². The van der Waals surface area contributed by atoms with E-state index in [0.29, 0.717) is 5.13 Å². The summed E-state index contributed by atoms with van der Waals surface area (Å²) >= 11 is 2.88. The van der Waals surface area contributed by atoms with Gasteiger partial charge in [0.2, 0.25) is 0 Å². The fraction of sp³-hybridized carbons (Fsp3) is 0.333. The van der Waals surface area contributed by atoms with Crippen LogP contribution in [0.2, 0.25) is 0 Å². The number of aromatic nitrogens is 1. The molecule has 1 amide bonds. The molecule has 1 rings (SSSR count). The Kier molecular flexibility index (Phi) is 3.36. The molecule has 1 aromatic rings. The van der Waals surface area contributed by atoms with Crippen molar-refractivity contribution in [3.8, 4) is 0 Å². The van der Waals surface area contributed by atoms with E-state index in [4.69, 9.17) is 5.11 Å². The van der Waals surface area contributed by atoms with Crippen LogP contribution in [0.25, 0.3) is 0 Å². The molecule has 0 unspecified atom stereocenters. The Balaban J connectivity index is 2.58. The number of thiazole rings is 1. The zero-order chi connectivity index (χ0) is 8.97. The molecule has 0 atom stereocenters. The molecule has 2 N–H and O–H groups in total. The van der Waals surface area contributed by atoms with Crippen molar-refractivity contribution < 1.29 is 9.90 Å². The van der Waals surface area contributed by atoms with E-state index in [-0.39, 0.29) is 0 Å². The van der Waals surface area contributed by atoms with E-state index in [9.17, 15) is 4.79 Å². The number of rotatable bonds is 3. The van der Waals surface area contributed by atoms with E-state index >= 15 is 0 Å². The molecule has 0 spiro atoms. The second kappa shape index (κ2) is 4.32. The lowest BCUT2D eigenvalue weighted by atomic mass is 10.9. The third kappa shape index (κ3) is 2.71. The van der Waals surface area contributed by atoms with Crippen molar-refractivity contribution in [1.82, 2.24) is 4.98 Å². The Hall–Kier alpha value is -0.750. The summed E-state index contributed by atoms with van der Waals surface area (Å²) in [6.07, 6.45) is -1.07. The first-order chi connectivity index (χ1) is 5.72. The highest BCUT2D eigenvalue weighted by molar-refractivity contribution is 7.99. The Morgan fingerprint density at radius 1 is 1.92 bits per heavy atom. The van der Waals surface area contributed by atoms with Crippen LogP contribution >= 0.6 is 23.1 Å². The van der Waals surface area contributed by atoms with Gasteiger partial charge in [0, 0.05) is 5.38 Å². The smallest absolute Gasteiger partial charge is 0.410 e. The van der Waals surface area contributed by atoms with Gasteiger partial charge in [-0.3, -0.25) is 5.32 Å². The van der Waals surface area contributed by atoms with E-state index in [1.165, 1.54) is 11.3 Å². The van der Waals surface area contributed by atoms with Crippen molar-refractivity contribution in [3.63, 3.8) is 0 Å². The van der Waals surface area contributed by atoms with Crippen LogP contribution in [-0.2, 0) is 0 Å². The third-order valence-corrected chi connectivity index (χ3v) is 2.69. The predicted octanol–water partition coefficient (Wildman–Crippen LogP) is 2.34. The maximum absolute atomic E-state index is 10.2. The lowest BCUT2D eigenvalue weighted by molar-refractivity contribution is 0.209. The summed E-state index contributed by atoms with van der Waals surface area (Å²) < 4.78 is 0. The number of anilines is 1. The van der Waals surface area contributed by atoms with E-state index in [2.05, 4.69) is 10.3 Å². The van der Waals surface area contributed by atoms with Gasteiger partial charge >= 0.3 is 6.09 Å². The summed E-state index contributed by atoms with van der Waals surface area (Å²) in [5, 5.41) is 13.7. The molecule has 0 aliphatic carbocycles. The maximum atomic E-state index is 10.2. The van der Waals surface area contributed by atoms with Gasteiger partial charge < -0.3 is 5.11 Å². The normalized spacial score (nSPS) is 9.75. The summed E-state index contributed by atoms with van der Waals surface area (Å²) in [4.78, 5) is 14.2. The third-order valence-electron chi connectivity index (χ3n) is 0.989. The summed E-state index contributed by atoms with van der Waals surface area (Å²) in [5.74, 6) is 0.941. The predicted molar refractivity (Wildman–Crippen MR) is 50.2 cm³/mol. The first-order valence-corrected chi connectivity index (χ1v) is 5.17. The van der Waals surface area contributed by atoms with Gasteiger partial charge in [0.25, 0.3) is 0 Å². The molecule has 0 fully saturated rings. The van der Waals surface area contributed by atoms with Gasteiger partial charge in [0.05, 0.1) is 0 Å². The average Bonchev–Trinajstić information content (AvgIpc) is 2.36. The maximum Gasteiger partial charge on any atom is 0.410 e. The zero-order valence-corrected chi connectivity index (χ0v) is 8.04. The molecule has 6 heteroatoms. The largest absolute Gasteiger partial charge is 0.465 e. The molecule has 0 bridgehead atoms. The van der Waals surface area contributed by atoms with Crippen LogP contribution in [0.4, 0.5) is 9.93 Å². The Morgan fingerprint density at radius 3 is 3.25 bits per heavy atom. The number of carbonyl (C=O) groups is 1. The first kappa shape index (κ1) is 9.34. The minimum absolute atomic E-state index is 0.429. The average molecular weight is 204 g/mol. The molecule has 0 saturated carbocycles. The molecular weight excluding hydrogens is 196 g/mol. The van der Waals surface area contributed by atoms with Crippen molar-refractivity contribution >= 4 is 34.3 Å². The van der Waals surface area contributed by atoms with Crippen LogP contribution in [0.3, 0.4) is 0 Å². The van der Waals surface area contributed by atoms with E-state index in [1.807, 2.05) is 12.3 Å². The van der Waals surface area contributed by atoms with Gasteiger partial charge in [-0.05, 0) is 5.75 Å². The summed E-state index contributed by atoms with van der Waals surface area (Å²) in [6, 6.07) is 0.